The molecule has 0 radical (unpaired) electrons. The summed E-state index contributed by atoms with van der Waals surface area (Å²) in [4.78, 5) is 23.4. The summed E-state index contributed by atoms with van der Waals surface area (Å²) in [6.45, 7) is 5.88. The van der Waals surface area contributed by atoms with Crippen molar-refractivity contribution >= 4 is 11.9 Å². The van der Waals surface area contributed by atoms with Crippen LogP contribution >= 0.6 is 0 Å². The summed E-state index contributed by atoms with van der Waals surface area (Å²) in [5, 5.41) is 24.0. The first-order chi connectivity index (χ1) is 9.76. The van der Waals surface area contributed by atoms with Crippen molar-refractivity contribution in [1.82, 2.24) is 10.6 Å². The van der Waals surface area contributed by atoms with Gasteiger partial charge in [-0.2, -0.15) is 0 Å². The fraction of sp³-hybridized carbons (Fsp3) is 0.467. The van der Waals surface area contributed by atoms with Crippen LogP contribution in [0.4, 0.5) is 0 Å². The molecule has 6 nitrogen and oxygen atoms in total. The molecule has 1 amide bonds. The Hall–Kier alpha value is -2.08. The van der Waals surface area contributed by atoms with E-state index in [0.29, 0.717) is 6.54 Å². The third kappa shape index (κ3) is 5.07. The Morgan fingerprint density at radius 2 is 1.81 bits per heavy atom. The van der Waals surface area contributed by atoms with Gasteiger partial charge in [0.15, 0.2) is 0 Å². The highest BCUT2D eigenvalue weighted by Gasteiger charge is 2.30. The van der Waals surface area contributed by atoms with E-state index in [9.17, 15) is 19.8 Å². The van der Waals surface area contributed by atoms with Gasteiger partial charge in [0, 0.05) is 6.42 Å². The van der Waals surface area contributed by atoms with E-state index in [0.717, 1.165) is 5.56 Å². The van der Waals surface area contributed by atoms with Gasteiger partial charge in [-0.05, 0) is 38.1 Å². The van der Waals surface area contributed by atoms with Crippen LogP contribution in [0.25, 0.3) is 0 Å². The molecule has 0 aliphatic carbocycles. The van der Waals surface area contributed by atoms with E-state index in [-0.39, 0.29) is 18.1 Å². The van der Waals surface area contributed by atoms with Crippen LogP contribution in [-0.2, 0) is 16.0 Å². The number of phenolic OH excluding ortho intramolecular Hbond substituents is 1. The fourth-order valence-corrected chi connectivity index (χ4v) is 1.93. The molecule has 21 heavy (non-hydrogen) atoms. The SMILES string of the molecule is CCNC(C)(C)C(=O)N[C@@H](Cc1ccc(O)cc1)C(=O)O. The summed E-state index contributed by atoms with van der Waals surface area (Å²) in [7, 11) is 0. The highest BCUT2D eigenvalue weighted by Crippen LogP contribution is 2.12. The Morgan fingerprint density at radius 1 is 1.24 bits per heavy atom. The minimum Gasteiger partial charge on any atom is -0.508 e. The summed E-state index contributed by atoms with van der Waals surface area (Å²) in [5.74, 6) is -1.35. The van der Waals surface area contributed by atoms with Gasteiger partial charge >= 0.3 is 5.97 Å². The van der Waals surface area contributed by atoms with Crippen molar-refractivity contribution in [3.63, 3.8) is 0 Å². The van der Waals surface area contributed by atoms with Gasteiger partial charge in [0.1, 0.15) is 11.8 Å². The standard InChI is InChI=1S/C15H22N2O4/c1-4-16-15(2,3)14(21)17-12(13(19)20)9-10-5-7-11(18)8-6-10/h5-8,12,16,18H,4,9H2,1-3H3,(H,17,21)(H,19,20)/t12-/m0/s1. The van der Waals surface area contributed by atoms with E-state index < -0.39 is 17.6 Å². The molecular formula is C15H22N2O4. The number of aromatic hydroxyl groups is 1. The predicted molar refractivity (Wildman–Crippen MR) is 79.1 cm³/mol. The summed E-state index contributed by atoms with van der Waals surface area (Å²) >= 11 is 0. The van der Waals surface area contributed by atoms with Gasteiger partial charge in [0.05, 0.1) is 5.54 Å². The quantitative estimate of drug-likeness (QED) is 0.599. The Labute approximate surface area is 124 Å². The van der Waals surface area contributed by atoms with Crippen LogP contribution in [-0.4, -0.2) is 40.2 Å². The molecule has 0 aromatic heterocycles. The summed E-state index contributed by atoms with van der Waals surface area (Å²) < 4.78 is 0. The first-order valence-corrected chi connectivity index (χ1v) is 6.83. The largest absolute Gasteiger partial charge is 0.508 e. The number of amides is 1. The van der Waals surface area contributed by atoms with Crippen LogP contribution in [0.15, 0.2) is 24.3 Å². The van der Waals surface area contributed by atoms with Crippen molar-refractivity contribution in [3.05, 3.63) is 29.8 Å². The minimum atomic E-state index is -1.09. The molecule has 1 rings (SSSR count). The topological polar surface area (TPSA) is 98.7 Å². The van der Waals surface area contributed by atoms with Crippen LogP contribution in [0, 0.1) is 0 Å². The van der Waals surface area contributed by atoms with Gasteiger partial charge in [-0.1, -0.05) is 19.1 Å². The maximum Gasteiger partial charge on any atom is 0.326 e. The lowest BCUT2D eigenvalue weighted by molar-refractivity contribution is -0.142. The highest BCUT2D eigenvalue weighted by molar-refractivity contribution is 5.89. The predicted octanol–water partition coefficient (Wildman–Crippen LogP) is 0.892. The molecule has 1 aromatic rings. The van der Waals surface area contributed by atoms with E-state index in [1.165, 1.54) is 12.1 Å². The molecule has 0 unspecified atom stereocenters. The first-order valence-electron chi connectivity index (χ1n) is 6.83. The van der Waals surface area contributed by atoms with Gasteiger partial charge in [0.25, 0.3) is 0 Å². The normalized spacial score (nSPS) is 12.7. The summed E-state index contributed by atoms with van der Waals surface area (Å²) in [6, 6.07) is 5.22. The van der Waals surface area contributed by atoms with Gasteiger partial charge in [-0.25, -0.2) is 4.79 Å². The number of benzene rings is 1. The molecular weight excluding hydrogens is 272 g/mol. The van der Waals surface area contributed by atoms with Crippen molar-refractivity contribution in [2.24, 2.45) is 0 Å². The van der Waals surface area contributed by atoms with Crippen LogP contribution in [0.3, 0.4) is 0 Å². The second-order valence-electron chi connectivity index (χ2n) is 5.39. The number of hydrogen-bond acceptors (Lipinski definition) is 4. The molecule has 0 saturated carbocycles. The zero-order valence-corrected chi connectivity index (χ0v) is 12.5. The average Bonchev–Trinajstić information content (AvgIpc) is 2.40. The highest BCUT2D eigenvalue weighted by atomic mass is 16.4. The Balaban J connectivity index is 2.76. The number of carbonyl (C=O) groups is 2. The number of phenols is 1. The lowest BCUT2D eigenvalue weighted by atomic mass is 10.0. The lowest BCUT2D eigenvalue weighted by Gasteiger charge is -2.26. The van der Waals surface area contributed by atoms with Crippen molar-refractivity contribution < 1.29 is 19.8 Å². The zero-order valence-electron chi connectivity index (χ0n) is 12.5. The Morgan fingerprint density at radius 3 is 2.29 bits per heavy atom. The molecule has 116 valence electrons. The first kappa shape index (κ1) is 17.0. The number of carboxylic acid groups (broad SMARTS) is 1. The van der Waals surface area contributed by atoms with Gasteiger partial charge < -0.3 is 20.8 Å². The zero-order chi connectivity index (χ0) is 16.0. The number of rotatable bonds is 7. The number of carbonyl (C=O) groups excluding carboxylic acids is 1. The van der Waals surface area contributed by atoms with Crippen molar-refractivity contribution in [2.75, 3.05) is 6.54 Å². The number of hydrogen-bond donors (Lipinski definition) is 4. The average molecular weight is 294 g/mol. The number of carboxylic acids is 1. The molecule has 1 atom stereocenters. The van der Waals surface area contributed by atoms with Crippen LogP contribution in [0.2, 0.25) is 0 Å². The molecule has 0 aliphatic rings. The second kappa shape index (κ2) is 7.08. The summed E-state index contributed by atoms with van der Waals surface area (Å²) in [6.07, 6.45) is 0.156. The third-order valence-corrected chi connectivity index (χ3v) is 3.17. The van der Waals surface area contributed by atoms with Crippen molar-refractivity contribution in [2.45, 2.75) is 38.8 Å². The maximum atomic E-state index is 12.1. The lowest BCUT2D eigenvalue weighted by Crippen LogP contribution is -2.56. The molecule has 0 fully saturated rings. The Bertz CT molecular complexity index is 497. The smallest absolute Gasteiger partial charge is 0.326 e. The molecule has 6 heteroatoms. The van der Waals surface area contributed by atoms with Crippen molar-refractivity contribution in [3.8, 4) is 5.75 Å². The van der Waals surface area contributed by atoms with Crippen LogP contribution < -0.4 is 10.6 Å². The molecule has 0 spiro atoms. The fourth-order valence-electron chi connectivity index (χ4n) is 1.93. The maximum absolute atomic E-state index is 12.1. The molecule has 4 N–H and O–H groups in total. The van der Waals surface area contributed by atoms with Crippen molar-refractivity contribution in [1.29, 1.82) is 0 Å². The number of nitrogens with one attached hydrogen (secondary N) is 2. The van der Waals surface area contributed by atoms with E-state index >= 15 is 0 Å². The Kier molecular flexibility index (Phi) is 5.72. The molecule has 0 aliphatic heterocycles. The van der Waals surface area contributed by atoms with Gasteiger partial charge in [0.2, 0.25) is 5.91 Å². The van der Waals surface area contributed by atoms with E-state index in [1.54, 1.807) is 26.0 Å². The van der Waals surface area contributed by atoms with Gasteiger partial charge in [-0.15, -0.1) is 0 Å². The molecule has 0 heterocycles. The molecule has 0 saturated heterocycles. The van der Waals surface area contributed by atoms with E-state index in [2.05, 4.69) is 10.6 Å². The number of likely N-dealkylation sites (N-methyl/N-ethyl adjacent to an activating group) is 1. The minimum absolute atomic E-state index is 0.114. The molecule has 0 bridgehead atoms. The van der Waals surface area contributed by atoms with E-state index in [1.807, 2.05) is 6.92 Å². The van der Waals surface area contributed by atoms with E-state index in [4.69, 9.17) is 0 Å². The van der Waals surface area contributed by atoms with Crippen LogP contribution in [0.1, 0.15) is 26.3 Å². The molecule has 1 aromatic carbocycles. The number of aliphatic carboxylic acids is 1. The van der Waals surface area contributed by atoms with Crippen LogP contribution in [0.5, 0.6) is 5.75 Å². The second-order valence-corrected chi connectivity index (χ2v) is 5.39. The third-order valence-electron chi connectivity index (χ3n) is 3.17. The summed E-state index contributed by atoms with van der Waals surface area (Å²) in [5.41, 5.74) is -0.112. The monoisotopic (exact) mass is 294 g/mol. The van der Waals surface area contributed by atoms with Gasteiger partial charge in [-0.3, -0.25) is 4.79 Å².